The molecule has 0 aliphatic carbocycles. The van der Waals surface area contributed by atoms with Gasteiger partial charge in [0.25, 0.3) is 5.91 Å². The molecule has 2 N–H and O–H groups in total. The minimum atomic E-state index is -3.84. The number of ether oxygens (including phenoxy) is 1. The van der Waals surface area contributed by atoms with Crippen molar-refractivity contribution >= 4 is 43.2 Å². The fourth-order valence-corrected chi connectivity index (χ4v) is 5.21. The van der Waals surface area contributed by atoms with E-state index in [9.17, 15) is 13.2 Å². The Morgan fingerprint density at radius 3 is 2.50 bits per heavy atom. The topological polar surface area (TPSA) is 84.5 Å². The predicted octanol–water partition coefficient (Wildman–Crippen LogP) is 3.53. The maximum atomic E-state index is 12.7. The molecule has 0 radical (unpaired) electrons. The first-order valence-corrected chi connectivity index (χ1v) is 10.9. The van der Waals surface area contributed by atoms with Gasteiger partial charge in [0, 0.05) is 25.8 Å². The molecule has 0 bridgehead atoms. The quantitative estimate of drug-likeness (QED) is 0.690. The van der Waals surface area contributed by atoms with Crippen molar-refractivity contribution in [3.8, 4) is 5.75 Å². The first-order valence-electron chi connectivity index (χ1n) is 7.75. The van der Waals surface area contributed by atoms with Gasteiger partial charge in [-0.1, -0.05) is 0 Å². The van der Waals surface area contributed by atoms with Crippen LogP contribution in [0.1, 0.15) is 36.0 Å². The minimum Gasteiger partial charge on any atom is -0.495 e. The molecule has 1 aromatic heterocycles. The van der Waals surface area contributed by atoms with Crippen molar-refractivity contribution in [2.45, 2.75) is 37.8 Å². The molecule has 0 saturated carbocycles. The van der Waals surface area contributed by atoms with Crippen LogP contribution in [0.2, 0.25) is 0 Å². The number of hydrogen-bond donors (Lipinski definition) is 2. The highest BCUT2D eigenvalue weighted by atomic mass is 79.9. The van der Waals surface area contributed by atoms with Gasteiger partial charge in [-0.2, -0.15) is 0 Å². The molecular weight excluding hydrogens is 440 g/mol. The molecule has 0 aliphatic heterocycles. The van der Waals surface area contributed by atoms with E-state index in [4.69, 9.17) is 4.74 Å². The number of rotatable bonds is 6. The lowest BCUT2D eigenvalue weighted by Crippen LogP contribution is -2.40. The van der Waals surface area contributed by atoms with Gasteiger partial charge in [0.15, 0.2) is 0 Å². The normalized spacial score (nSPS) is 12.0. The summed E-state index contributed by atoms with van der Waals surface area (Å²) in [5.41, 5.74) is -0.412. The highest BCUT2D eigenvalue weighted by Gasteiger charge is 2.26. The number of carbonyl (C=O) groups is 1. The van der Waals surface area contributed by atoms with Crippen LogP contribution in [0.3, 0.4) is 0 Å². The van der Waals surface area contributed by atoms with Gasteiger partial charge < -0.3 is 10.1 Å². The molecule has 0 aliphatic rings. The molecule has 0 atom stereocenters. The Labute approximate surface area is 166 Å². The van der Waals surface area contributed by atoms with Crippen LogP contribution in [-0.4, -0.2) is 27.0 Å². The molecule has 1 amide bonds. The van der Waals surface area contributed by atoms with Gasteiger partial charge in [0.2, 0.25) is 10.0 Å². The van der Waals surface area contributed by atoms with E-state index in [0.717, 1.165) is 9.35 Å². The number of thiophene rings is 1. The fourth-order valence-electron chi connectivity index (χ4n) is 2.20. The van der Waals surface area contributed by atoms with E-state index < -0.39 is 15.6 Å². The van der Waals surface area contributed by atoms with Gasteiger partial charge >= 0.3 is 0 Å². The average molecular weight is 461 g/mol. The lowest BCUT2D eigenvalue weighted by atomic mass is 10.1. The van der Waals surface area contributed by atoms with E-state index in [1.165, 1.54) is 36.6 Å². The number of amides is 1. The van der Waals surface area contributed by atoms with Gasteiger partial charge in [-0.25, -0.2) is 13.1 Å². The standard InChI is InChI=1S/C17H21BrN2O4S2/c1-17(2,3)20-26(22,23)15-7-11(5-6-14(15)24-4)16(21)19-9-13-8-12(18)10-25-13/h5-8,10,20H,9H2,1-4H3,(H,19,21). The lowest BCUT2D eigenvalue weighted by Gasteiger charge is -2.21. The zero-order valence-electron chi connectivity index (χ0n) is 14.9. The van der Waals surface area contributed by atoms with Crippen LogP contribution in [0.4, 0.5) is 0 Å². The van der Waals surface area contributed by atoms with Gasteiger partial charge in [-0.05, 0) is 61.0 Å². The maximum absolute atomic E-state index is 12.7. The highest BCUT2D eigenvalue weighted by Crippen LogP contribution is 2.26. The summed E-state index contributed by atoms with van der Waals surface area (Å²) in [5.74, 6) is -0.176. The summed E-state index contributed by atoms with van der Waals surface area (Å²) < 4.78 is 34.0. The summed E-state index contributed by atoms with van der Waals surface area (Å²) in [5, 5.41) is 4.72. The number of carbonyl (C=O) groups excluding carboxylic acids is 1. The Morgan fingerprint density at radius 1 is 1.27 bits per heavy atom. The van der Waals surface area contributed by atoms with Crippen molar-refractivity contribution in [2.24, 2.45) is 0 Å². The Kier molecular flexibility index (Phi) is 6.49. The lowest BCUT2D eigenvalue weighted by molar-refractivity contribution is 0.0951. The van der Waals surface area contributed by atoms with E-state index in [2.05, 4.69) is 26.0 Å². The van der Waals surface area contributed by atoms with Crippen molar-refractivity contribution in [1.29, 1.82) is 0 Å². The maximum Gasteiger partial charge on any atom is 0.251 e. The van der Waals surface area contributed by atoms with E-state index in [0.29, 0.717) is 6.54 Å². The third kappa shape index (κ3) is 5.54. The average Bonchev–Trinajstić information content (AvgIpc) is 2.95. The van der Waals surface area contributed by atoms with Gasteiger partial charge in [-0.3, -0.25) is 4.79 Å². The van der Waals surface area contributed by atoms with E-state index in [-0.39, 0.29) is 22.1 Å². The minimum absolute atomic E-state index is 0.0681. The Morgan fingerprint density at radius 2 is 1.96 bits per heavy atom. The molecule has 1 aromatic carbocycles. The Bertz CT molecular complexity index is 902. The second-order valence-electron chi connectivity index (χ2n) is 6.64. The summed E-state index contributed by atoms with van der Waals surface area (Å²) in [6, 6.07) is 6.26. The molecule has 142 valence electrons. The van der Waals surface area contributed by atoms with Gasteiger partial charge in [-0.15, -0.1) is 11.3 Å². The molecule has 9 heteroatoms. The highest BCUT2D eigenvalue weighted by molar-refractivity contribution is 9.10. The van der Waals surface area contributed by atoms with Crippen LogP contribution in [0.25, 0.3) is 0 Å². The molecule has 0 unspecified atom stereocenters. The predicted molar refractivity (Wildman–Crippen MR) is 106 cm³/mol. The summed E-state index contributed by atoms with van der Waals surface area (Å²) in [4.78, 5) is 13.3. The van der Waals surface area contributed by atoms with Crippen molar-refractivity contribution in [1.82, 2.24) is 10.0 Å². The third-order valence-corrected chi connectivity index (χ3v) is 6.68. The molecule has 6 nitrogen and oxygen atoms in total. The molecule has 0 saturated heterocycles. The first kappa shape index (κ1) is 20.9. The SMILES string of the molecule is COc1ccc(C(=O)NCc2cc(Br)cs2)cc1S(=O)(=O)NC(C)(C)C. The summed E-state index contributed by atoms with van der Waals surface area (Å²) in [7, 11) is -2.45. The van der Waals surface area contributed by atoms with E-state index in [1.807, 2.05) is 11.4 Å². The monoisotopic (exact) mass is 460 g/mol. The van der Waals surface area contributed by atoms with Gasteiger partial charge in [0.05, 0.1) is 13.7 Å². The number of nitrogens with one attached hydrogen (secondary N) is 2. The van der Waals surface area contributed by atoms with Crippen molar-refractivity contribution < 1.29 is 17.9 Å². The largest absolute Gasteiger partial charge is 0.495 e. The van der Waals surface area contributed by atoms with Crippen LogP contribution >= 0.6 is 27.3 Å². The molecular formula is C17H21BrN2O4S2. The van der Waals surface area contributed by atoms with Crippen LogP contribution in [0.15, 0.2) is 39.0 Å². The molecule has 2 rings (SSSR count). The zero-order valence-corrected chi connectivity index (χ0v) is 18.1. The zero-order chi connectivity index (χ0) is 19.5. The number of methoxy groups -OCH3 is 1. The molecule has 0 fully saturated rings. The Hall–Kier alpha value is -1.42. The third-order valence-electron chi connectivity index (χ3n) is 3.20. The second-order valence-corrected chi connectivity index (χ2v) is 10.2. The smallest absolute Gasteiger partial charge is 0.251 e. The molecule has 26 heavy (non-hydrogen) atoms. The number of benzene rings is 1. The molecule has 0 spiro atoms. The van der Waals surface area contributed by atoms with E-state index >= 15 is 0 Å². The summed E-state index contributed by atoms with van der Waals surface area (Å²) in [6.07, 6.45) is 0. The molecule has 1 heterocycles. The number of sulfonamides is 1. The van der Waals surface area contributed by atoms with Crippen LogP contribution in [0, 0.1) is 0 Å². The van der Waals surface area contributed by atoms with Crippen LogP contribution in [0.5, 0.6) is 5.75 Å². The first-order chi connectivity index (χ1) is 12.0. The number of hydrogen-bond acceptors (Lipinski definition) is 5. The number of halogens is 1. The van der Waals surface area contributed by atoms with E-state index in [1.54, 1.807) is 20.8 Å². The summed E-state index contributed by atoms with van der Waals surface area (Å²) in [6.45, 7) is 5.59. The second kappa shape index (κ2) is 8.08. The summed E-state index contributed by atoms with van der Waals surface area (Å²) >= 11 is 4.88. The Balaban J connectivity index is 2.26. The van der Waals surface area contributed by atoms with Crippen LogP contribution < -0.4 is 14.8 Å². The van der Waals surface area contributed by atoms with Crippen LogP contribution in [-0.2, 0) is 16.6 Å². The van der Waals surface area contributed by atoms with Crippen molar-refractivity contribution in [3.63, 3.8) is 0 Å². The van der Waals surface area contributed by atoms with Crippen molar-refractivity contribution in [2.75, 3.05) is 7.11 Å². The van der Waals surface area contributed by atoms with Gasteiger partial charge in [0.1, 0.15) is 10.6 Å². The molecule has 2 aromatic rings. The van der Waals surface area contributed by atoms with Crippen molar-refractivity contribution in [3.05, 3.63) is 44.6 Å². The fraction of sp³-hybridized carbons (Fsp3) is 0.353.